The number of rotatable bonds is 6. The Morgan fingerprint density at radius 2 is 1.65 bits per heavy atom. The van der Waals surface area contributed by atoms with Crippen LogP contribution in [0.5, 0.6) is 11.5 Å². The minimum Gasteiger partial charge on any atom is -0.497 e. The highest BCUT2D eigenvalue weighted by atomic mass is 16.5. The van der Waals surface area contributed by atoms with Crippen molar-refractivity contribution < 1.29 is 19.1 Å². The molecule has 1 saturated heterocycles. The smallest absolute Gasteiger partial charge is 0.255 e. The van der Waals surface area contributed by atoms with Gasteiger partial charge in [0.15, 0.2) is 0 Å². The van der Waals surface area contributed by atoms with Crippen molar-refractivity contribution in [3.63, 3.8) is 0 Å². The van der Waals surface area contributed by atoms with Gasteiger partial charge in [0.2, 0.25) is 5.91 Å². The zero-order valence-corrected chi connectivity index (χ0v) is 19.8. The van der Waals surface area contributed by atoms with Gasteiger partial charge in [-0.3, -0.25) is 19.4 Å². The number of benzene rings is 3. The standard InChI is InChI=1S/C28H28N2O4/c1-19-10-12-22(13-11-19)30-26(31)18-29(24-15-14-23(33-3)17-25(24)34-4)28(32)27(30)20(2)16-21-8-6-5-7-9-21/h5-17,27H,18H2,1-4H3. The Balaban J connectivity index is 1.81. The first kappa shape index (κ1) is 23.1. The van der Waals surface area contributed by atoms with E-state index in [0.29, 0.717) is 22.9 Å². The minimum absolute atomic E-state index is 0.0927. The zero-order valence-electron chi connectivity index (χ0n) is 19.8. The third-order valence-electron chi connectivity index (χ3n) is 5.94. The van der Waals surface area contributed by atoms with Crippen LogP contribution in [-0.4, -0.2) is 38.6 Å². The second-order valence-electron chi connectivity index (χ2n) is 8.26. The third-order valence-corrected chi connectivity index (χ3v) is 5.94. The van der Waals surface area contributed by atoms with Crippen LogP contribution in [0, 0.1) is 6.92 Å². The normalized spacial score (nSPS) is 16.6. The maximum Gasteiger partial charge on any atom is 0.255 e. The van der Waals surface area contributed by atoms with E-state index >= 15 is 0 Å². The number of hydrogen-bond acceptors (Lipinski definition) is 4. The van der Waals surface area contributed by atoms with E-state index in [9.17, 15) is 9.59 Å². The Morgan fingerprint density at radius 1 is 0.941 bits per heavy atom. The van der Waals surface area contributed by atoms with Crippen LogP contribution in [0.4, 0.5) is 11.4 Å². The van der Waals surface area contributed by atoms with Gasteiger partial charge in [0.1, 0.15) is 24.1 Å². The van der Waals surface area contributed by atoms with Crippen LogP contribution in [0.3, 0.4) is 0 Å². The van der Waals surface area contributed by atoms with E-state index in [4.69, 9.17) is 9.47 Å². The summed E-state index contributed by atoms with van der Waals surface area (Å²) in [6.45, 7) is 3.78. The number of anilines is 2. The molecule has 6 heteroatoms. The molecule has 1 unspecified atom stereocenters. The van der Waals surface area contributed by atoms with Crippen molar-refractivity contribution in [3.05, 3.63) is 89.5 Å². The van der Waals surface area contributed by atoms with Crippen LogP contribution in [0.2, 0.25) is 0 Å². The number of methoxy groups -OCH3 is 2. The first-order valence-electron chi connectivity index (χ1n) is 11.1. The SMILES string of the molecule is COc1ccc(N2CC(=O)N(c3ccc(C)cc3)C(C(C)=Cc3ccccc3)C2=O)c(OC)c1. The number of piperazine rings is 1. The molecule has 2 amide bonds. The molecule has 1 aliphatic rings. The summed E-state index contributed by atoms with van der Waals surface area (Å²) in [5.41, 5.74) is 4.03. The van der Waals surface area contributed by atoms with Gasteiger partial charge in [-0.1, -0.05) is 54.1 Å². The quantitative estimate of drug-likeness (QED) is 0.531. The molecule has 174 valence electrons. The van der Waals surface area contributed by atoms with E-state index < -0.39 is 6.04 Å². The van der Waals surface area contributed by atoms with Gasteiger partial charge in [-0.2, -0.15) is 0 Å². The predicted molar refractivity (Wildman–Crippen MR) is 134 cm³/mol. The highest BCUT2D eigenvalue weighted by Crippen LogP contribution is 2.36. The van der Waals surface area contributed by atoms with E-state index in [1.807, 2.05) is 74.5 Å². The molecule has 34 heavy (non-hydrogen) atoms. The van der Waals surface area contributed by atoms with Gasteiger partial charge in [-0.15, -0.1) is 0 Å². The third kappa shape index (κ3) is 4.53. The fourth-order valence-corrected chi connectivity index (χ4v) is 4.19. The molecule has 3 aromatic rings. The number of ether oxygens (including phenoxy) is 2. The first-order chi connectivity index (χ1) is 16.4. The van der Waals surface area contributed by atoms with Gasteiger partial charge in [0.05, 0.1) is 19.9 Å². The number of hydrogen-bond donors (Lipinski definition) is 0. The Morgan fingerprint density at radius 3 is 2.29 bits per heavy atom. The van der Waals surface area contributed by atoms with Crippen molar-refractivity contribution >= 4 is 29.3 Å². The van der Waals surface area contributed by atoms with Crippen molar-refractivity contribution in [1.29, 1.82) is 0 Å². The summed E-state index contributed by atoms with van der Waals surface area (Å²) in [5, 5.41) is 0. The summed E-state index contributed by atoms with van der Waals surface area (Å²) >= 11 is 0. The van der Waals surface area contributed by atoms with Crippen LogP contribution in [-0.2, 0) is 9.59 Å². The molecule has 1 fully saturated rings. The lowest BCUT2D eigenvalue weighted by molar-refractivity contribution is -0.127. The Labute approximate surface area is 200 Å². The molecule has 0 N–H and O–H groups in total. The van der Waals surface area contributed by atoms with Crippen LogP contribution in [0.1, 0.15) is 18.1 Å². The Hall–Kier alpha value is -4.06. The molecule has 6 nitrogen and oxygen atoms in total. The molecule has 1 atom stereocenters. The van der Waals surface area contributed by atoms with Gasteiger partial charge >= 0.3 is 0 Å². The molecular weight excluding hydrogens is 428 g/mol. The molecule has 0 aliphatic carbocycles. The summed E-state index contributed by atoms with van der Waals surface area (Å²) in [6.07, 6.45) is 1.95. The molecule has 0 bridgehead atoms. The lowest BCUT2D eigenvalue weighted by Crippen LogP contribution is -2.61. The van der Waals surface area contributed by atoms with Gasteiger partial charge in [-0.05, 0) is 49.2 Å². The number of carbonyl (C=O) groups excluding carboxylic acids is 2. The van der Waals surface area contributed by atoms with E-state index in [2.05, 4.69) is 0 Å². The van der Waals surface area contributed by atoms with Gasteiger partial charge in [0, 0.05) is 11.8 Å². The number of nitrogens with zero attached hydrogens (tertiary/aromatic N) is 2. The van der Waals surface area contributed by atoms with Crippen molar-refractivity contribution in [1.82, 2.24) is 0 Å². The zero-order chi connectivity index (χ0) is 24.2. The van der Waals surface area contributed by atoms with Gasteiger partial charge in [0.25, 0.3) is 5.91 Å². The Kier molecular flexibility index (Phi) is 6.68. The second kappa shape index (κ2) is 9.83. The molecular formula is C28H28N2O4. The first-order valence-corrected chi connectivity index (χ1v) is 11.1. The van der Waals surface area contributed by atoms with Gasteiger partial charge in [-0.25, -0.2) is 0 Å². The largest absolute Gasteiger partial charge is 0.497 e. The minimum atomic E-state index is -0.795. The molecule has 0 radical (unpaired) electrons. The maximum absolute atomic E-state index is 14.0. The summed E-state index contributed by atoms with van der Waals surface area (Å²) < 4.78 is 10.8. The fraction of sp³-hybridized carbons (Fsp3) is 0.214. The van der Waals surface area contributed by atoms with Crippen molar-refractivity contribution in [2.75, 3.05) is 30.6 Å². The lowest BCUT2D eigenvalue weighted by atomic mass is 9.98. The average molecular weight is 457 g/mol. The van der Waals surface area contributed by atoms with E-state index in [1.54, 1.807) is 30.2 Å². The highest BCUT2D eigenvalue weighted by molar-refractivity contribution is 6.16. The van der Waals surface area contributed by atoms with E-state index in [-0.39, 0.29) is 18.4 Å². The molecule has 3 aromatic carbocycles. The summed E-state index contributed by atoms with van der Waals surface area (Å²) in [6, 6.07) is 21.8. The van der Waals surface area contributed by atoms with E-state index in [1.165, 1.54) is 12.0 Å². The predicted octanol–water partition coefficient (Wildman–Crippen LogP) is 4.86. The molecule has 1 heterocycles. The van der Waals surface area contributed by atoms with Crippen molar-refractivity contribution in [2.24, 2.45) is 0 Å². The van der Waals surface area contributed by atoms with Gasteiger partial charge < -0.3 is 9.47 Å². The van der Waals surface area contributed by atoms with E-state index in [0.717, 1.165) is 16.7 Å². The van der Waals surface area contributed by atoms with Crippen molar-refractivity contribution in [3.8, 4) is 11.5 Å². The second-order valence-corrected chi connectivity index (χ2v) is 8.26. The van der Waals surface area contributed by atoms with Crippen molar-refractivity contribution in [2.45, 2.75) is 19.9 Å². The van der Waals surface area contributed by atoms with Crippen LogP contribution >= 0.6 is 0 Å². The summed E-state index contributed by atoms with van der Waals surface area (Å²) in [7, 11) is 3.10. The Bertz CT molecular complexity index is 1220. The fourth-order valence-electron chi connectivity index (χ4n) is 4.19. The number of amides is 2. The molecule has 1 aliphatic heterocycles. The highest BCUT2D eigenvalue weighted by Gasteiger charge is 2.42. The molecule has 0 spiro atoms. The number of carbonyl (C=O) groups is 2. The average Bonchev–Trinajstić information content (AvgIpc) is 2.85. The molecule has 0 aromatic heterocycles. The molecule has 0 saturated carbocycles. The van der Waals surface area contributed by atoms with Crippen LogP contribution in [0.25, 0.3) is 6.08 Å². The summed E-state index contributed by atoms with van der Waals surface area (Å²) in [5.74, 6) is 0.697. The molecule has 4 rings (SSSR count). The maximum atomic E-state index is 14.0. The van der Waals surface area contributed by atoms with Crippen LogP contribution in [0.15, 0.2) is 78.4 Å². The lowest BCUT2D eigenvalue weighted by Gasteiger charge is -2.41. The summed E-state index contributed by atoms with van der Waals surface area (Å²) in [4.78, 5) is 30.6. The van der Waals surface area contributed by atoms with Crippen LogP contribution < -0.4 is 19.3 Å². The monoisotopic (exact) mass is 456 g/mol. The number of aryl methyl sites for hydroxylation is 1. The topological polar surface area (TPSA) is 59.1 Å².